The molecule has 2 aliphatic heterocycles. The van der Waals surface area contributed by atoms with Gasteiger partial charge in [0.2, 0.25) is 0 Å². The summed E-state index contributed by atoms with van der Waals surface area (Å²) in [5.74, 6) is 1.80. The molecule has 5 aromatic carbocycles. The summed E-state index contributed by atoms with van der Waals surface area (Å²) in [5, 5.41) is 2.48. The minimum atomic E-state index is -0.491. The lowest BCUT2D eigenvalue weighted by Crippen LogP contribution is -2.41. The first-order chi connectivity index (χ1) is 18.8. The molecule has 1 fully saturated rings. The fourth-order valence-electron chi connectivity index (χ4n) is 6.82. The first kappa shape index (κ1) is 23.1. The number of rotatable bonds is 1. The van der Waals surface area contributed by atoms with E-state index in [0.717, 1.165) is 17.0 Å². The van der Waals surface area contributed by atoms with Gasteiger partial charge in [0.25, 0.3) is 0 Å². The standard InChI is InChI=1S/C35H29BO3/c1-33(2)34(3,4)39-36(38-33)23-18-20-26-25(21-23)32-24-12-6-5-11-22(24)17-19-29(32)35(26)27-13-7-9-15-30(27)37-31-16-10-8-14-28(31)35/h5-21H,1-4H3. The van der Waals surface area contributed by atoms with Gasteiger partial charge in [0.15, 0.2) is 0 Å². The molecule has 8 rings (SSSR count). The molecular weight excluding hydrogens is 479 g/mol. The summed E-state index contributed by atoms with van der Waals surface area (Å²) >= 11 is 0. The predicted molar refractivity (Wildman–Crippen MR) is 157 cm³/mol. The predicted octanol–water partition coefficient (Wildman–Crippen LogP) is 7.61. The van der Waals surface area contributed by atoms with Crippen LogP contribution >= 0.6 is 0 Å². The van der Waals surface area contributed by atoms with Crippen LogP contribution in [0.3, 0.4) is 0 Å². The van der Waals surface area contributed by atoms with E-state index in [1.807, 2.05) is 0 Å². The Morgan fingerprint density at radius 1 is 0.564 bits per heavy atom. The Labute approximate surface area is 229 Å². The summed E-state index contributed by atoms with van der Waals surface area (Å²) in [4.78, 5) is 0. The number of hydrogen-bond acceptors (Lipinski definition) is 3. The van der Waals surface area contributed by atoms with Crippen molar-refractivity contribution in [3.63, 3.8) is 0 Å². The average Bonchev–Trinajstić information content (AvgIpc) is 3.35. The molecule has 0 radical (unpaired) electrons. The molecule has 0 N–H and O–H groups in total. The van der Waals surface area contributed by atoms with Crippen LogP contribution in [0.1, 0.15) is 49.9 Å². The Morgan fingerprint density at radius 2 is 1.15 bits per heavy atom. The van der Waals surface area contributed by atoms with Gasteiger partial charge in [-0.2, -0.15) is 0 Å². The van der Waals surface area contributed by atoms with Crippen molar-refractivity contribution in [2.24, 2.45) is 0 Å². The van der Waals surface area contributed by atoms with Gasteiger partial charge in [0, 0.05) is 11.1 Å². The van der Waals surface area contributed by atoms with Crippen LogP contribution in [0.4, 0.5) is 0 Å². The van der Waals surface area contributed by atoms with E-state index >= 15 is 0 Å². The highest BCUT2D eigenvalue weighted by Gasteiger charge is 2.54. The molecule has 39 heavy (non-hydrogen) atoms. The summed E-state index contributed by atoms with van der Waals surface area (Å²) in [5.41, 5.74) is 7.12. The molecule has 190 valence electrons. The van der Waals surface area contributed by atoms with Crippen molar-refractivity contribution in [3.8, 4) is 22.6 Å². The molecule has 0 atom stereocenters. The van der Waals surface area contributed by atoms with E-state index in [1.54, 1.807) is 0 Å². The average molecular weight is 508 g/mol. The minimum absolute atomic E-state index is 0.402. The van der Waals surface area contributed by atoms with Crippen LogP contribution in [0, 0.1) is 0 Å². The maximum atomic E-state index is 6.49. The first-order valence-electron chi connectivity index (χ1n) is 13.7. The molecule has 0 unspecified atom stereocenters. The SMILES string of the molecule is CC1(C)OB(c2ccc3c(c2)-c2c(ccc4ccccc24)C32c3ccccc3Oc3ccccc32)OC1(C)C. The second-order valence-corrected chi connectivity index (χ2v) is 11.9. The van der Waals surface area contributed by atoms with E-state index < -0.39 is 23.7 Å². The zero-order valence-electron chi connectivity index (χ0n) is 22.6. The lowest BCUT2D eigenvalue weighted by Gasteiger charge is -2.39. The molecule has 4 heteroatoms. The monoisotopic (exact) mass is 508 g/mol. The lowest BCUT2D eigenvalue weighted by atomic mass is 9.65. The summed E-state index contributed by atoms with van der Waals surface area (Å²) in [6.45, 7) is 8.42. The third-order valence-electron chi connectivity index (χ3n) is 9.38. The van der Waals surface area contributed by atoms with Gasteiger partial charge in [-0.15, -0.1) is 0 Å². The molecule has 5 aromatic rings. The molecule has 1 spiro atoms. The molecule has 3 aliphatic rings. The first-order valence-corrected chi connectivity index (χ1v) is 13.7. The number of benzene rings is 5. The highest BCUT2D eigenvalue weighted by atomic mass is 16.7. The summed E-state index contributed by atoms with van der Waals surface area (Å²) < 4.78 is 19.5. The minimum Gasteiger partial charge on any atom is -0.457 e. The zero-order valence-corrected chi connectivity index (χ0v) is 22.6. The topological polar surface area (TPSA) is 27.7 Å². The van der Waals surface area contributed by atoms with Crippen molar-refractivity contribution >= 4 is 23.4 Å². The third-order valence-corrected chi connectivity index (χ3v) is 9.38. The van der Waals surface area contributed by atoms with Crippen LogP contribution in [0.15, 0.2) is 103 Å². The molecule has 1 saturated heterocycles. The van der Waals surface area contributed by atoms with Crippen LogP contribution in [0.25, 0.3) is 21.9 Å². The van der Waals surface area contributed by atoms with Gasteiger partial charge in [0.1, 0.15) is 11.5 Å². The van der Waals surface area contributed by atoms with Crippen molar-refractivity contribution in [2.75, 3.05) is 0 Å². The number of ether oxygens (including phenoxy) is 1. The molecule has 1 aliphatic carbocycles. The van der Waals surface area contributed by atoms with Crippen molar-refractivity contribution in [1.82, 2.24) is 0 Å². The van der Waals surface area contributed by atoms with Gasteiger partial charge in [-0.25, -0.2) is 0 Å². The molecule has 3 nitrogen and oxygen atoms in total. The van der Waals surface area contributed by atoms with Gasteiger partial charge < -0.3 is 14.0 Å². The smallest absolute Gasteiger partial charge is 0.457 e. The van der Waals surface area contributed by atoms with Gasteiger partial charge in [-0.3, -0.25) is 0 Å². The second kappa shape index (κ2) is 7.62. The molecule has 0 amide bonds. The maximum Gasteiger partial charge on any atom is 0.494 e. The van der Waals surface area contributed by atoms with Gasteiger partial charge in [0.05, 0.1) is 16.6 Å². The third kappa shape index (κ3) is 2.91. The van der Waals surface area contributed by atoms with E-state index in [1.165, 1.54) is 44.2 Å². The number of hydrogen-bond donors (Lipinski definition) is 0. The highest BCUT2D eigenvalue weighted by molar-refractivity contribution is 6.62. The van der Waals surface area contributed by atoms with Crippen molar-refractivity contribution in [3.05, 3.63) is 125 Å². The van der Waals surface area contributed by atoms with E-state index in [2.05, 4.69) is 131 Å². The summed E-state index contributed by atoms with van der Waals surface area (Å²) in [6, 6.07) is 37.0. The largest absolute Gasteiger partial charge is 0.494 e. The molecule has 0 aromatic heterocycles. The van der Waals surface area contributed by atoms with Crippen molar-refractivity contribution < 1.29 is 14.0 Å². The lowest BCUT2D eigenvalue weighted by molar-refractivity contribution is 0.00578. The van der Waals surface area contributed by atoms with Crippen LogP contribution < -0.4 is 10.2 Å². The Morgan fingerprint density at radius 3 is 1.85 bits per heavy atom. The normalized spacial score (nSPS) is 18.8. The van der Waals surface area contributed by atoms with Crippen LogP contribution in [-0.4, -0.2) is 18.3 Å². The fraction of sp³-hybridized carbons (Fsp3) is 0.200. The van der Waals surface area contributed by atoms with Gasteiger partial charge >= 0.3 is 7.12 Å². The quantitative estimate of drug-likeness (QED) is 0.214. The zero-order chi connectivity index (χ0) is 26.6. The number of para-hydroxylation sites is 2. The molecular formula is C35H29BO3. The maximum absolute atomic E-state index is 6.49. The number of fused-ring (bicyclic) bond motifs is 11. The van der Waals surface area contributed by atoms with Crippen LogP contribution in [0.5, 0.6) is 11.5 Å². The summed E-state index contributed by atoms with van der Waals surface area (Å²) in [6.07, 6.45) is 0. The Balaban J connectivity index is 1.47. The van der Waals surface area contributed by atoms with E-state index in [-0.39, 0.29) is 0 Å². The van der Waals surface area contributed by atoms with E-state index in [0.29, 0.717) is 0 Å². The van der Waals surface area contributed by atoms with Gasteiger partial charge in [-0.1, -0.05) is 91.0 Å². The fourth-order valence-corrected chi connectivity index (χ4v) is 6.82. The molecule has 0 bridgehead atoms. The Bertz CT molecular complexity index is 1760. The van der Waals surface area contributed by atoms with Crippen molar-refractivity contribution in [1.29, 1.82) is 0 Å². The van der Waals surface area contributed by atoms with Crippen LogP contribution in [0.2, 0.25) is 0 Å². The van der Waals surface area contributed by atoms with Crippen LogP contribution in [-0.2, 0) is 14.7 Å². The highest BCUT2D eigenvalue weighted by Crippen LogP contribution is 2.62. The Hall–Kier alpha value is -3.86. The summed E-state index contributed by atoms with van der Waals surface area (Å²) in [7, 11) is -0.426. The molecule has 2 heterocycles. The second-order valence-electron chi connectivity index (χ2n) is 11.9. The van der Waals surface area contributed by atoms with E-state index in [9.17, 15) is 0 Å². The van der Waals surface area contributed by atoms with Gasteiger partial charge in [-0.05, 0) is 78.3 Å². The van der Waals surface area contributed by atoms with Crippen molar-refractivity contribution in [2.45, 2.75) is 44.3 Å². The van der Waals surface area contributed by atoms with E-state index in [4.69, 9.17) is 14.0 Å². The molecule has 0 saturated carbocycles. The Kier molecular flexibility index (Phi) is 4.51.